The number of rotatable bonds is 4. The monoisotopic (exact) mass is 305 g/mol. The van der Waals surface area contributed by atoms with Gasteiger partial charge in [0.05, 0.1) is 6.21 Å². The van der Waals surface area contributed by atoms with E-state index >= 15 is 0 Å². The van der Waals surface area contributed by atoms with Gasteiger partial charge in [-0.2, -0.15) is 0 Å². The second kappa shape index (κ2) is 6.21. The maximum Gasteiger partial charge on any atom is 0.128 e. The molecule has 4 heteroatoms. The number of benzene rings is 2. The lowest BCUT2D eigenvalue weighted by Crippen LogP contribution is -1.98. The van der Waals surface area contributed by atoms with Gasteiger partial charge < -0.3 is 9.94 Å². The van der Waals surface area contributed by atoms with E-state index in [1.807, 2.05) is 48.5 Å². The van der Waals surface area contributed by atoms with Crippen LogP contribution in [-0.4, -0.2) is 11.4 Å². The van der Waals surface area contributed by atoms with E-state index in [9.17, 15) is 0 Å². The van der Waals surface area contributed by atoms with Crippen molar-refractivity contribution in [3.8, 4) is 5.75 Å². The summed E-state index contributed by atoms with van der Waals surface area (Å²) in [5.41, 5.74) is 1.83. The standard InChI is InChI=1S/C14H12BrNO2/c15-13-7-5-11(6-8-13)10-18-14-4-2-1-3-12(14)9-16-17/h1-9,17H,10H2. The first-order valence-corrected chi connectivity index (χ1v) is 6.22. The highest BCUT2D eigenvalue weighted by molar-refractivity contribution is 9.10. The number of para-hydroxylation sites is 1. The Morgan fingerprint density at radius 2 is 1.83 bits per heavy atom. The number of hydrogen-bond donors (Lipinski definition) is 1. The summed E-state index contributed by atoms with van der Waals surface area (Å²) >= 11 is 3.39. The fourth-order valence-corrected chi connectivity index (χ4v) is 1.79. The Kier molecular flexibility index (Phi) is 4.36. The Hall–Kier alpha value is -1.81. The normalized spacial score (nSPS) is 10.7. The predicted octanol–water partition coefficient (Wildman–Crippen LogP) is 3.84. The molecule has 0 aliphatic heterocycles. The summed E-state index contributed by atoms with van der Waals surface area (Å²) in [7, 11) is 0. The van der Waals surface area contributed by atoms with Crippen molar-refractivity contribution < 1.29 is 9.94 Å². The summed E-state index contributed by atoms with van der Waals surface area (Å²) < 4.78 is 6.74. The van der Waals surface area contributed by atoms with Crippen LogP contribution in [0.2, 0.25) is 0 Å². The summed E-state index contributed by atoms with van der Waals surface area (Å²) in [6, 6.07) is 15.3. The lowest BCUT2D eigenvalue weighted by molar-refractivity contribution is 0.304. The second-order valence-electron chi connectivity index (χ2n) is 3.70. The van der Waals surface area contributed by atoms with Crippen LogP contribution < -0.4 is 4.74 Å². The first kappa shape index (κ1) is 12.6. The third-order valence-electron chi connectivity index (χ3n) is 2.42. The van der Waals surface area contributed by atoms with Crippen molar-refractivity contribution in [2.45, 2.75) is 6.61 Å². The van der Waals surface area contributed by atoms with Crippen molar-refractivity contribution in [3.05, 3.63) is 64.1 Å². The van der Waals surface area contributed by atoms with Gasteiger partial charge in [-0.1, -0.05) is 45.4 Å². The zero-order valence-electron chi connectivity index (χ0n) is 9.58. The molecule has 0 spiro atoms. The van der Waals surface area contributed by atoms with Crippen molar-refractivity contribution in [1.29, 1.82) is 0 Å². The molecule has 92 valence electrons. The quantitative estimate of drug-likeness (QED) is 0.530. The summed E-state index contributed by atoms with van der Waals surface area (Å²) in [6.45, 7) is 0.476. The maximum atomic E-state index is 8.57. The minimum atomic E-state index is 0.476. The van der Waals surface area contributed by atoms with Gasteiger partial charge in [0.25, 0.3) is 0 Å². The largest absolute Gasteiger partial charge is 0.488 e. The first-order valence-electron chi connectivity index (χ1n) is 5.43. The van der Waals surface area contributed by atoms with Crippen molar-refractivity contribution in [3.63, 3.8) is 0 Å². The second-order valence-corrected chi connectivity index (χ2v) is 4.61. The van der Waals surface area contributed by atoms with Crippen LogP contribution in [0.15, 0.2) is 58.2 Å². The zero-order valence-corrected chi connectivity index (χ0v) is 11.2. The summed E-state index contributed by atoms with van der Waals surface area (Å²) in [4.78, 5) is 0. The average Bonchev–Trinajstić information content (AvgIpc) is 2.40. The lowest BCUT2D eigenvalue weighted by atomic mass is 10.2. The molecule has 18 heavy (non-hydrogen) atoms. The van der Waals surface area contributed by atoms with Gasteiger partial charge in [0.15, 0.2) is 0 Å². The molecule has 0 bridgehead atoms. The molecule has 0 aliphatic rings. The lowest BCUT2D eigenvalue weighted by Gasteiger charge is -2.08. The van der Waals surface area contributed by atoms with E-state index in [0.29, 0.717) is 12.4 Å². The highest BCUT2D eigenvalue weighted by atomic mass is 79.9. The van der Waals surface area contributed by atoms with E-state index in [1.165, 1.54) is 6.21 Å². The summed E-state index contributed by atoms with van der Waals surface area (Å²) in [5, 5.41) is 11.6. The van der Waals surface area contributed by atoms with E-state index in [1.54, 1.807) is 0 Å². The molecule has 2 rings (SSSR count). The van der Waals surface area contributed by atoms with Crippen LogP contribution in [-0.2, 0) is 6.61 Å². The SMILES string of the molecule is ON=Cc1ccccc1OCc1ccc(Br)cc1. The van der Waals surface area contributed by atoms with E-state index in [0.717, 1.165) is 15.6 Å². The van der Waals surface area contributed by atoms with Crippen LogP contribution in [0.1, 0.15) is 11.1 Å². The number of oxime groups is 1. The molecule has 2 aromatic rings. The van der Waals surface area contributed by atoms with E-state index < -0.39 is 0 Å². The Labute approximate surface area is 114 Å². The van der Waals surface area contributed by atoms with Gasteiger partial charge in [0, 0.05) is 10.0 Å². The van der Waals surface area contributed by atoms with Crippen LogP contribution in [0, 0.1) is 0 Å². The predicted molar refractivity (Wildman–Crippen MR) is 74.3 cm³/mol. The summed E-state index contributed by atoms with van der Waals surface area (Å²) in [6.07, 6.45) is 1.36. The number of ether oxygens (including phenoxy) is 1. The van der Waals surface area contributed by atoms with Gasteiger partial charge >= 0.3 is 0 Å². The first-order chi connectivity index (χ1) is 8.79. The molecule has 0 aromatic heterocycles. The smallest absolute Gasteiger partial charge is 0.128 e. The zero-order chi connectivity index (χ0) is 12.8. The van der Waals surface area contributed by atoms with Crippen molar-refractivity contribution >= 4 is 22.1 Å². The Balaban J connectivity index is 2.08. The number of halogens is 1. The highest BCUT2D eigenvalue weighted by Gasteiger charge is 2.01. The molecule has 1 N–H and O–H groups in total. The van der Waals surface area contributed by atoms with Crippen molar-refractivity contribution in [2.75, 3.05) is 0 Å². The third kappa shape index (κ3) is 3.34. The highest BCUT2D eigenvalue weighted by Crippen LogP contribution is 2.18. The minimum Gasteiger partial charge on any atom is -0.488 e. The Morgan fingerprint density at radius 1 is 1.11 bits per heavy atom. The van der Waals surface area contributed by atoms with Crippen LogP contribution in [0.25, 0.3) is 0 Å². The Morgan fingerprint density at radius 3 is 2.56 bits per heavy atom. The molecule has 0 saturated carbocycles. The van der Waals surface area contributed by atoms with E-state index in [-0.39, 0.29) is 0 Å². The molecule has 0 unspecified atom stereocenters. The molecule has 0 aliphatic carbocycles. The van der Waals surface area contributed by atoms with Crippen LogP contribution in [0.5, 0.6) is 5.75 Å². The number of nitrogens with zero attached hydrogens (tertiary/aromatic N) is 1. The molecule has 0 fully saturated rings. The van der Waals surface area contributed by atoms with Gasteiger partial charge in [-0.25, -0.2) is 0 Å². The molecule has 0 heterocycles. The third-order valence-corrected chi connectivity index (χ3v) is 2.95. The molecular formula is C14H12BrNO2. The van der Waals surface area contributed by atoms with Gasteiger partial charge in [0.2, 0.25) is 0 Å². The van der Waals surface area contributed by atoms with Crippen molar-refractivity contribution in [1.82, 2.24) is 0 Å². The molecule has 0 atom stereocenters. The molecule has 2 aromatic carbocycles. The minimum absolute atomic E-state index is 0.476. The van der Waals surface area contributed by atoms with Crippen molar-refractivity contribution in [2.24, 2.45) is 5.16 Å². The Bertz CT molecular complexity index is 538. The van der Waals surface area contributed by atoms with Crippen LogP contribution >= 0.6 is 15.9 Å². The molecule has 0 saturated heterocycles. The van der Waals surface area contributed by atoms with Crippen LogP contribution in [0.3, 0.4) is 0 Å². The van der Waals surface area contributed by atoms with Gasteiger partial charge in [-0.05, 0) is 29.8 Å². The fraction of sp³-hybridized carbons (Fsp3) is 0.0714. The maximum absolute atomic E-state index is 8.57. The van der Waals surface area contributed by atoms with Gasteiger partial charge in [-0.3, -0.25) is 0 Å². The van der Waals surface area contributed by atoms with E-state index in [4.69, 9.17) is 9.94 Å². The van der Waals surface area contributed by atoms with Gasteiger partial charge in [0.1, 0.15) is 12.4 Å². The number of hydrogen-bond acceptors (Lipinski definition) is 3. The van der Waals surface area contributed by atoms with E-state index in [2.05, 4.69) is 21.1 Å². The average molecular weight is 306 g/mol. The molecular weight excluding hydrogens is 294 g/mol. The molecule has 0 radical (unpaired) electrons. The van der Waals surface area contributed by atoms with Gasteiger partial charge in [-0.15, -0.1) is 0 Å². The molecule has 3 nitrogen and oxygen atoms in total. The topological polar surface area (TPSA) is 41.8 Å². The van der Waals surface area contributed by atoms with Crippen LogP contribution in [0.4, 0.5) is 0 Å². The summed E-state index contributed by atoms with van der Waals surface area (Å²) in [5.74, 6) is 0.693. The molecule has 0 amide bonds. The fourth-order valence-electron chi connectivity index (χ4n) is 1.52.